The van der Waals surface area contributed by atoms with Crippen molar-refractivity contribution >= 4 is 11.7 Å². The highest BCUT2D eigenvalue weighted by atomic mass is 16.7. The molecule has 1 aliphatic carbocycles. The number of rotatable bonds is 1. The van der Waals surface area contributed by atoms with Gasteiger partial charge in [0.05, 0.1) is 11.8 Å². The fourth-order valence-electron chi connectivity index (χ4n) is 3.90. The van der Waals surface area contributed by atoms with Crippen LogP contribution in [0.25, 0.3) is 0 Å². The zero-order valence-electron chi connectivity index (χ0n) is 13.0. The highest BCUT2D eigenvalue weighted by Gasteiger charge is 2.37. The van der Waals surface area contributed by atoms with Crippen LogP contribution in [-0.4, -0.2) is 18.5 Å². The minimum atomic E-state index is -0.277. The van der Waals surface area contributed by atoms with Crippen LogP contribution in [0, 0.1) is 5.92 Å². The van der Waals surface area contributed by atoms with Crippen LogP contribution < -0.4 is 14.8 Å². The van der Waals surface area contributed by atoms with E-state index in [4.69, 9.17) is 9.47 Å². The highest BCUT2D eigenvalue weighted by Crippen LogP contribution is 2.40. The number of nitrogens with zero attached hydrogens (tertiary/aromatic N) is 1. The molecule has 1 N–H and O–H groups in total. The van der Waals surface area contributed by atoms with Gasteiger partial charge in [-0.2, -0.15) is 4.99 Å². The molecule has 2 amide bonds. The summed E-state index contributed by atoms with van der Waals surface area (Å²) in [6.45, 7) is 0.249. The van der Waals surface area contributed by atoms with Crippen molar-refractivity contribution in [2.45, 2.75) is 18.9 Å². The van der Waals surface area contributed by atoms with Crippen LogP contribution in [0.4, 0.5) is 4.79 Å². The summed E-state index contributed by atoms with van der Waals surface area (Å²) in [7, 11) is 0. The Hall–Kier alpha value is -2.82. The molecule has 0 radical (unpaired) electrons. The zero-order chi connectivity index (χ0) is 16.1. The van der Waals surface area contributed by atoms with Crippen LogP contribution in [0.15, 0.2) is 47.5 Å². The van der Waals surface area contributed by atoms with Crippen molar-refractivity contribution in [2.75, 3.05) is 6.79 Å². The number of aliphatic imine (C=N–C) groups is 1. The number of benzene rings is 2. The van der Waals surface area contributed by atoms with Crippen molar-refractivity contribution in [1.29, 1.82) is 0 Å². The summed E-state index contributed by atoms with van der Waals surface area (Å²) in [6.07, 6.45) is 1.96. The first-order valence-electron chi connectivity index (χ1n) is 8.16. The summed E-state index contributed by atoms with van der Waals surface area (Å²) in [5.41, 5.74) is 4.31. The molecule has 5 nitrogen and oxygen atoms in total. The Morgan fingerprint density at radius 1 is 1.08 bits per heavy atom. The van der Waals surface area contributed by atoms with E-state index in [0.717, 1.165) is 41.2 Å². The second-order valence-electron chi connectivity index (χ2n) is 6.34. The van der Waals surface area contributed by atoms with E-state index in [9.17, 15) is 4.79 Å². The third kappa shape index (κ3) is 2.01. The van der Waals surface area contributed by atoms with E-state index in [2.05, 4.69) is 22.4 Å². The number of urea groups is 1. The molecule has 3 aliphatic rings. The molecule has 0 aromatic heterocycles. The molecule has 0 saturated carbocycles. The molecule has 0 bridgehead atoms. The number of ether oxygens (including phenoxy) is 2. The second-order valence-corrected chi connectivity index (χ2v) is 6.34. The maximum atomic E-state index is 12.2. The third-order valence-electron chi connectivity index (χ3n) is 5.03. The molecule has 2 aliphatic heterocycles. The molecule has 0 saturated heterocycles. The summed E-state index contributed by atoms with van der Waals surface area (Å²) >= 11 is 0. The van der Waals surface area contributed by atoms with Crippen molar-refractivity contribution in [3.63, 3.8) is 0 Å². The Morgan fingerprint density at radius 2 is 1.96 bits per heavy atom. The maximum absolute atomic E-state index is 12.2. The van der Waals surface area contributed by atoms with E-state index in [1.807, 2.05) is 30.3 Å². The monoisotopic (exact) mass is 320 g/mol. The summed E-state index contributed by atoms with van der Waals surface area (Å²) in [5.74, 6) is 1.67. The Labute approximate surface area is 139 Å². The Kier molecular flexibility index (Phi) is 2.89. The van der Waals surface area contributed by atoms with Crippen molar-refractivity contribution in [3.05, 3.63) is 59.2 Å². The lowest BCUT2D eigenvalue weighted by atomic mass is 9.75. The van der Waals surface area contributed by atoms with E-state index in [1.54, 1.807) is 0 Å². The molecule has 0 spiro atoms. The van der Waals surface area contributed by atoms with Crippen molar-refractivity contribution in [1.82, 2.24) is 5.32 Å². The molecule has 5 rings (SSSR count). The summed E-state index contributed by atoms with van der Waals surface area (Å²) in [4.78, 5) is 16.5. The van der Waals surface area contributed by atoms with Crippen molar-refractivity contribution < 1.29 is 14.3 Å². The molecular weight excluding hydrogens is 304 g/mol. The quantitative estimate of drug-likeness (QED) is 0.877. The van der Waals surface area contributed by atoms with Crippen LogP contribution in [0.1, 0.15) is 29.2 Å². The second kappa shape index (κ2) is 5.09. The summed E-state index contributed by atoms with van der Waals surface area (Å²) < 4.78 is 10.9. The molecule has 2 heterocycles. The van der Waals surface area contributed by atoms with Crippen molar-refractivity contribution in [2.24, 2.45) is 10.9 Å². The number of carbonyl (C=O) groups excluding carboxylic acids is 1. The molecule has 120 valence electrons. The number of hydrogen-bond donors (Lipinski definition) is 1. The van der Waals surface area contributed by atoms with Crippen LogP contribution in [0.2, 0.25) is 0 Å². The number of nitrogens with one attached hydrogen (secondary N) is 1. The summed E-state index contributed by atoms with van der Waals surface area (Å²) in [5, 5.41) is 3.03. The fourth-order valence-corrected chi connectivity index (χ4v) is 3.90. The van der Waals surface area contributed by atoms with E-state index in [0.29, 0.717) is 0 Å². The van der Waals surface area contributed by atoms with E-state index >= 15 is 0 Å². The first-order valence-corrected chi connectivity index (χ1v) is 8.16. The predicted octanol–water partition coefficient (Wildman–Crippen LogP) is 3.23. The van der Waals surface area contributed by atoms with Gasteiger partial charge < -0.3 is 14.8 Å². The Morgan fingerprint density at radius 3 is 2.92 bits per heavy atom. The first-order chi connectivity index (χ1) is 11.8. The number of hydrogen-bond acceptors (Lipinski definition) is 3. The van der Waals surface area contributed by atoms with E-state index < -0.39 is 0 Å². The zero-order valence-corrected chi connectivity index (χ0v) is 13.0. The maximum Gasteiger partial charge on any atom is 0.341 e. The summed E-state index contributed by atoms with van der Waals surface area (Å²) in [6, 6.07) is 13.7. The topological polar surface area (TPSA) is 59.9 Å². The molecule has 2 atom stereocenters. The number of fused-ring (bicyclic) bond motifs is 4. The first kappa shape index (κ1) is 13.6. The van der Waals surface area contributed by atoms with E-state index in [-0.39, 0.29) is 24.8 Å². The standard InChI is InChI=1S/C19H16N2O3/c22-19-20-17(12-6-8-15-16(9-12)24-10-23-15)14-7-5-11-3-1-2-4-13(11)18(14)21-19/h1-4,6,8-9,14,17H,5,7,10H2,(H,20,22). The number of carbonyl (C=O) groups is 1. The molecule has 2 aromatic rings. The number of amides is 2. The van der Waals surface area contributed by atoms with Gasteiger partial charge in [0.15, 0.2) is 11.5 Å². The normalized spacial score (nSPS) is 23.8. The van der Waals surface area contributed by atoms with Gasteiger partial charge in [0.25, 0.3) is 0 Å². The molecule has 24 heavy (non-hydrogen) atoms. The van der Waals surface area contributed by atoms with E-state index in [1.165, 1.54) is 5.56 Å². The average Bonchev–Trinajstić information content (AvgIpc) is 3.08. The average molecular weight is 320 g/mol. The molecule has 2 unspecified atom stereocenters. The number of aryl methyl sites for hydroxylation is 1. The van der Waals surface area contributed by atoms with Crippen LogP contribution in [0.3, 0.4) is 0 Å². The lowest BCUT2D eigenvalue weighted by Gasteiger charge is -2.36. The van der Waals surface area contributed by atoms with Crippen LogP contribution in [-0.2, 0) is 6.42 Å². The van der Waals surface area contributed by atoms with Gasteiger partial charge in [0.2, 0.25) is 6.79 Å². The molecule has 0 fully saturated rings. The lowest BCUT2D eigenvalue weighted by Crippen LogP contribution is -2.43. The highest BCUT2D eigenvalue weighted by molar-refractivity contribution is 6.11. The molecular formula is C19H16N2O3. The Bertz CT molecular complexity index is 875. The van der Waals surface area contributed by atoms with Crippen LogP contribution >= 0.6 is 0 Å². The van der Waals surface area contributed by atoms with Gasteiger partial charge in [-0.1, -0.05) is 30.3 Å². The lowest BCUT2D eigenvalue weighted by molar-refractivity contribution is 0.174. The molecule has 5 heteroatoms. The van der Waals surface area contributed by atoms with Crippen LogP contribution in [0.5, 0.6) is 11.5 Å². The minimum Gasteiger partial charge on any atom is -0.454 e. The Balaban J connectivity index is 1.58. The van der Waals surface area contributed by atoms with Crippen molar-refractivity contribution in [3.8, 4) is 11.5 Å². The largest absolute Gasteiger partial charge is 0.454 e. The third-order valence-corrected chi connectivity index (χ3v) is 5.03. The van der Waals surface area contributed by atoms with Gasteiger partial charge in [-0.05, 0) is 41.7 Å². The van der Waals surface area contributed by atoms with Gasteiger partial charge in [-0.3, -0.25) is 0 Å². The minimum absolute atomic E-state index is 0.0899. The van der Waals surface area contributed by atoms with Gasteiger partial charge in [0.1, 0.15) is 0 Å². The van der Waals surface area contributed by atoms with Gasteiger partial charge in [0, 0.05) is 5.92 Å². The smallest absolute Gasteiger partial charge is 0.341 e. The van der Waals surface area contributed by atoms with Gasteiger partial charge in [-0.25, -0.2) is 4.79 Å². The van der Waals surface area contributed by atoms with Gasteiger partial charge >= 0.3 is 6.03 Å². The molecule has 2 aromatic carbocycles. The SMILES string of the molecule is O=C1N=C2c3ccccc3CCC2C(c2ccc3c(c2)OCO3)N1. The van der Waals surface area contributed by atoms with Gasteiger partial charge in [-0.15, -0.1) is 0 Å². The predicted molar refractivity (Wildman–Crippen MR) is 88.6 cm³/mol. The fraction of sp³-hybridized carbons (Fsp3) is 0.263.